The Kier molecular flexibility index (Phi) is 5.52. The fraction of sp³-hybridized carbons (Fsp3) is 0.250. The van der Waals surface area contributed by atoms with Crippen LogP contribution in [0.5, 0.6) is 17.2 Å². The quantitative estimate of drug-likeness (QED) is 0.594. The molecule has 0 radical (unpaired) electrons. The zero-order chi connectivity index (χ0) is 18.7. The summed E-state index contributed by atoms with van der Waals surface area (Å²) in [5.41, 5.74) is 0.715. The molecule has 1 aromatic heterocycles. The van der Waals surface area contributed by atoms with Gasteiger partial charge in [-0.25, -0.2) is 4.79 Å². The van der Waals surface area contributed by atoms with Gasteiger partial charge >= 0.3 is 5.63 Å². The lowest BCUT2D eigenvalue weighted by Gasteiger charge is -2.12. The number of halogens is 1. The maximum Gasteiger partial charge on any atom is 0.347 e. The second-order valence-corrected chi connectivity index (χ2v) is 6.53. The SMILES string of the molecule is COc1ccc(CCc2cc3cc(OC)c(Br)c(OC)c3c(=O)o2)cc1. The molecular formula is C20H19BrO5. The normalized spacial score (nSPS) is 10.8. The molecule has 0 saturated carbocycles. The maximum atomic E-state index is 12.5. The van der Waals surface area contributed by atoms with Gasteiger partial charge in [-0.05, 0) is 57.6 Å². The molecule has 26 heavy (non-hydrogen) atoms. The van der Waals surface area contributed by atoms with Gasteiger partial charge in [0.15, 0.2) is 5.75 Å². The van der Waals surface area contributed by atoms with E-state index in [-0.39, 0.29) is 0 Å². The number of hydrogen-bond donors (Lipinski definition) is 0. The third-order valence-corrected chi connectivity index (χ3v) is 4.96. The number of methoxy groups -OCH3 is 3. The van der Waals surface area contributed by atoms with Gasteiger partial charge in [0, 0.05) is 6.42 Å². The van der Waals surface area contributed by atoms with Crippen molar-refractivity contribution in [1.29, 1.82) is 0 Å². The number of fused-ring (bicyclic) bond motifs is 1. The summed E-state index contributed by atoms with van der Waals surface area (Å²) in [5, 5.41) is 1.12. The Morgan fingerprint density at radius 1 is 0.962 bits per heavy atom. The highest BCUT2D eigenvalue weighted by atomic mass is 79.9. The van der Waals surface area contributed by atoms with Crippen LogP contribution in [-0.2, 0) is 12.8 Å². The second-order valence-electron chi connectivity index (χ2n) is 5.74. The molecule has 5 nitrogen and oxygen atoms in total. The third-order valence-electron chi connectivity index (χ3n) is 4.21. The van der Waals surface area contributed by atoms with E-state index in [1.165, 1.54) is 7.11 Å². The molecule has 3 rings (SSSR count). The minimum absolute atomic E-state index is 0.397. The number of hydrogen-bond acceptors (Lipinski definition) is 5. The van der Waals surface area contributed by atoms with Crippen LogP contribution in [0.1, 0.15) is 11.3 Å². The summed E-state index contributed by atoms with van der Waals surface area (Å²) >= 11 is 3.41. The Labute approximate surface area is 159 Å². The molecule has 0 aliphatic carbocycles. The van der Waals surface area contributed by atoms with Crippen LogP contribution in [0.4, 0.5) is 0 Å². The summed E-state index contributed by atoms with van der Waals surface area (Å²) in [6.07, 6.45) is 1.36. The maximum absolute atomic E-state index is 12.5. The van der Waals surface area contributed by atoms with Crippen molar-refractivity contribution in [2.24, 2.45) is 0 Å². The van der Waals surface area contributed by atoms with Crippen molar-refractivity contribution in [2.45, 2.75) is 12.8 Å². The van der Waals surface area contributed by atoms with E-state index in [2.05, 4.69) is 15.9 Å². The lowest BCUT2D eigenvalue weighted by molar-refractivity contribution is 0.391. The molecule has 0 amide bonds. The standard InChI is InChI=1S/C20H19BrO5/c1-23-14-7-4-12(5-8-14)6-9-15-10-13-11-16(24-2)18(21)19(25-3)17(13)20(22)26-15/h4-5,7-8,10-11H,6,9H2,1-3H3. The Morgan fingerprint density at radius 3 is 2.31 bits per heavy atom. The summed E-state index contributed by atoms with van der Waals surface area (Å²) in [4.78, 5) is 12.5. The Hall–Kier alpha value is -2.47. The molecule has 2 aromatic carbocycles. The average molecular weight is 419 g/mol. The molecule has 0 fully saturated rings. The highest BCUT2D eigenvalue weighted by Crippen LogP contribution is 2.39. The van der Waals surface area contributed by atoms with Crippen molar-refractivity contribution in [2.75, 3.05) is 21.3 Å². The van der Waals surface area contributed by atoms with Gasteiger partial charge in [0.25, 0.3) is 0 Å². The van der Waals surface area contributed by atoms with Crippen molar-refractivity contribution in [3.8, 4) is 17.2 Å². The minimum Gasteiger partial charge on any atom is -0.497 e. The van der Waals surface area contributed by atoms with E-state index in [1.807, 2.05) is 30.3 Å². The van der Waals surface area contributed by atoms with E-state index < -0.39 is 5.63 Å². The average Bonchev–Trinajstić information content (AvgIpc) is 2.66. The molecule has 1 heterocycles. The predicted octanol–water partition coefficient (Wildman–Crippen LogP) is 4.37. The Bertz CT molecular complexity index is 976. The fourth-order valence-corrected chi connectivity index (χ4v) is 3.49. The van der Waals surface area contributed by atoms with Crippen LogP contribution >= 0.6 is 15.9 Å². The van der Waals surface area contributed by atoms with Crippen molar-refractivity contribution in [3.05, 3.63) is 62.6 Å². The first-order chi connectivity index (χ1) is 12.6. The van der Waals surface area contributed by atoms with Crippen LogP contribution in [0.25, 0.3) is 10.8 Å². The minimum atomic E-state index is -0.424. The van der Waals surface area contributed by atoms with Gasteiger partial charge in [0.2, 0.25) is 0 Å². The third kappa shape index (κ3) is 3.55. The van der Waals surface area contributed by atoms with Crippen molar-refractivity contribution in [1.82, 2.24) is 0 Å². The van der Waals surface area contributed by atoms with E-state index in [9.17, 15) is 4.79 Å². The Balaban J connectivity index is 1.94. The largest absolute Gasteiger partial charge is 0.497 e. The summed E-state index contributed by atoms with van der Waals surface area (Å²) in [6.45, 7) is 0. The first-order valence-electron chi connectivity index (χ1n) is 8.07. The summed E-state index contributed by atoms with van der Waals surface area (Å²) in [7, 11) is 4.72. The second kappa shape index (κ2) is 7.83. The highest BCUT2D eigenvalue weighted by molar-refractivity contribution is 9.10. The molecule has 0 aliphatic rings. The van der Waals surface area contributed by atoms with Crippen LogP contribution in [-0.4, -0.2) is 21.3 Å². The van der Waals surface area contributed by atoms with E-state index in [0.29, 0.717) is 33.5 Å². The van der Waals surface area contributed by atoms with E-state index in [1.54, 1.807) is 20.3 Å². The van der Waals surface area contributed by atoms with Gasteiger partial charge in [0.05, 0.1) is 21.3 Å². The van der Waals surface area contributed by atoms with Crippen LogP contribution in [0.15, 0.2) is 50.1 Å². The number of rotatable bonds is 6. The first-order valence-corrected chi connectivity index (χ1v) is 8.86. The zero-order valence-electron chi connectivity index (χ0n) is 14.8. The molecule has 0 atom stereocenters. The molecule has 0 spiro atoms. The van der Waals surface area contributed by atoms with Crippen LogP contribution in [0, 0.1) is 0 Å². The van der Waals surface area contributed by atoms with Crippen LogP contribution in [0.3, 0.4) is 0 Å². The molecule has 136 valence electrons. The molecular weight excluding hydrogens is 400 g/mol. The predicted molar refractivity (Wildman–Crippen MR) is 104 cm³/mol. The van der Waals surface area contributed by atoms with Crippen molar-refractivity contribution in [3.63, 3.8) is 0 Å². The molecule has 0 saturated heterocycles. The topological polar surface area (TPSA) is 57.9 Å². The smallest absolute Gasteiger partial charge is 0.347 e. The number of benzene rings is 2. The highest BCUT2D eigenvalue weighted by Gasteiger charge is 2.17. The van der Waals surface area contributed by atoms with E-state index >= 15 is 0 Å². The van der Waals surface area contributed by atoms with E-state index in [4.69, 9.17) is 18.6 Å². The lowest BCUT2D eigenvalue weighted by atomic mass is 10.1. The van der Waals surface area contributed by atoms with Crippen molar-refractivity contribution < 1.29 is 18.6 Å². The molecule has 0 unspecified atom stereocenters. The molecule has 3 aromatic rings. The van der Waals surface area contributed by atoms with Gasteiger partial charge in [-0.1, -0.05) is 12.1 Å². The number of aryl methyl sites for hydroxylation is 2. The van der Waals surface area contributed by atoms with Crippen LogP contribution < -0.4 is 19.8 Å². The van der Waals surface area contributed by atoms with Gasteiger partial charge in [-0.15, -0.1) is 0 Å². The van der Waals surface area contributed by atoms with Crippen LogP contribution in [0.2, 0.25) is 0 Å². The summed E-state index contributed by atoms with van der Waals surface area (Å²) in [5.74, 6) is 2.44. The summed E-state index contributed by atoms with van der Waals surface area (Å²) < 4.78 is 22.0. The lowest BCUT2D eigenvalue weighted by Crippen LogP contribution is -2.06. The zero-order valence-corrected chi connectivity index (χ0v) is 16.4. The van der Waals surface area contributed by atoms with Gasteiger partial charge in [-0.2, -0.15) is 0 Å². The van der Waals surface area contributed by atoms with Gasteiger partial charge in [0.1, 0.15) is 27.1 Å². The van der Waals surface area contributed by atoms with Crippen molar-refractivity contribution >= 4 is 26.7 Å². The molecule has 0 N–H and O–H groups in total. The summed E-state index contributed by atoms with van der Waals surface area (Å²) in [6, 6.07) is 11.5. The first kappa shape index (κ1) is 18.3. The molecule has 0 aliphatic heterocycles. The monoisotopic (exact) mass is 418 g/mol. The molecule has 0 bridgehead atoms. The molecule has 6 heteroatoms. The van der Waals surface area contributed by atoms with Gasteiger partial charge < -0.3 is 18.6 Å². The number of ether oxygens (including phenoxy) is 3. The Morgan fingerprint density at radius 2 is 1.69 bits per heavy atom. The van der Waals surface area contributed by atoms with E-state index in [0.717, 1.165) is 23.1 Å². The fourth-order valence-electron chi connectivity index (χ4n) is 2.85. The van der Waals surface area contributed by atoms with Gasteiger partial charge in [-0.3, -0.25) is 0 Å².